The predicted molar refractivity (Wildman–Crippen MR) is 70.9 cm³/mol. The van der Waals surface area contributed by atoms with Crippen molar-refractivity contribution in [1.29, 1.82) is 0 Å². The Labute approximate surface area is 108 Å². The zero-order chi connectivity index (χ0) is 13.1. The van der Waals surface area contributed by atoms with Crippen LogP contribution in [0.3, 0.4) is 0 Å². The lowest BCUT2D eigenvalue weighted by Gasteiger charge is -2.03. The van der Waals surface area contributed by atoms with E-state index in [0.29, 0.717) is 16.3 Å². The predicted octanol–water partition coefficient (Wildman–Crippen LogP) is 4.28. The van der Waals surface area contributed by atoms with Crippen LogP contribution in [0.5, 0.6) is 0 Å². The van der Waals surface area contributed by atoms with E-state index in [1.54, 1.807) is 12.1 Å². The fraction of sp³-hybridized carbons (Fsp3) is 0.308. The number of aromatic nitrogens is 1. The lowest BCUT2D eigenvalue weighted by atomic mass is 10.1. The second-order valence-electron chi connectivity index (χ2n) is 4.00. The number of hydrogen-bond donors (Lipinski definition) is 1. The molecule has 0 aliphatic rings. The van der Waals surface area contributed by atoms with Gasteiger partial charge in [0.25, 0.3) is 6.43 Å². The lowest BCUT2D eigenvalue weighted by molar-refractivity contribution is 0.151. The molecule has 2 aromatic rings. The molecule has 0 atom stereocenters. The number of anilines is 1. The van der Waals surface area contributed by atoms with E-state index in [1.807, 2.05) is 0 Å². The average Bonchev–Trinajstić information content (AvgIpc) is 2.71. The molecule has 0 radical (unpaired) electrons. The van der Waals surface area contributed by atoms with Gasteiger partial charge in [0.15, 0.2) is 0 Å². The van der Waals surface area contributed by atoms with Crippen molar-refractivity contribution < 1.29 is 8.78 Å². The van der Waals surface area contributed by atoms with Gasteiger partial charge in [-0.1, -0.05) is 25.1 Å². The van der Waals surface area contributed by atoms with Gasteiger partial charge in [-0.15, -0.1) is 11.3 Å². The van der Waals surface area contributed by atoms with E-state index in [0.717, 1.165) is 17.8 Å². The van der Waals surface area contributed by atoms with Crippen LogP contribution in [-0.4, -0.2) is 4.98 Å². The molecule has 1 aromatic carbocycles. The Hall–Kier alpha value is -1.49. The number of rotatable bonds is 4. The molecule has 5 heteroatoms. The smallest absolute Gasteiger partial charge is 0.263 e. The summed E-state index contributed by atoms with van der Waals surface area (Å²) in [5.41, 5.74) is 7.17. The highest BCUT2D eigenvalue weighted by atomic mass is 32.1. The van der Waals surface area contributed by atoms with Gasteiger partial charge in [-0.3, -0.25) is 0 Å². The second kappa shape index (κ2) is 5.44. The van der Waals surface area contributed by atoms with Crippen LogP contribution in [0.15, 0.2) is 24.3 Å². The van der Waals surface area contributed by atoms with Crippen LogP contribution in [0.2, 0.25) is 0 Å². The molecule has 0 bridgehead atoms. The maximum atomic E-state index is 12.6. The highest BCUT2D eigenvalue weighted by Gasteiger charge is 2.13. The van der Waals surface area contributed by atoms with Gasteiger partial charge in [-0.25, -0.2) is 13.8 Å². The first kappa shape index (κ1) is 13.0. The molecule has 0 unspecified atom stereocenters. The SMILES string of the molecule is CCCc1nc(-c2cccc(C(F)F)c2)c(N)s1. The van der Waals surface area contributed by atoms with Crippen LogP contribution < -0.4 is 5.73 Å². The Morgan fingerprint density at radius 3 is 2.83 bits per heavy atom. The van der Waals surface area contributed by atoms with Crippen molar-refractivity contribution in [3.63, 3.8) is 0 Å². The van der Waals surface area contributed by atoms with Crippen LogP contribution in [0.1, 0.15) is 30.3 Å². The Morgan fingerprint density at radius 1 is 1.39 bits per heavy atom. The van der Waals surface area contributed by atoms with Gasteiger partial charge < -0.3 is 5.73 Å². The van der Waals surface area contributed by atoms with E-state index in [1.165, 1.54) is 23.5 Å². The van der Waals surface area contributed by atoms with Crippen molar-refractivity contribution in [3.05, 3.63) is 34.8 Å². The minimum Gasteiger partial charge on any atom is -0.389 e. The van der Waals surface area contributed by atoms with Crippen molar-refractivity contribution in [2.45, 2.75) is 26.2 Å². The van der Waals surface area contributed by atoms with Crippen LogP contribution >= 0.6 is 11.3 Å². The summed E-state index contributed by atoms with van der Waals surface area (Å²) in [7, 11) is 0. The van der Waals surface area contributed by atoms with Crippen LogP contribution in [0, 0.1) is 0 Å². The zero-order valence-electron chi connectivity index (χ0n) is 9.99. The number of nitrogens with zero attached hydrogens (tertiary/aromatic N) is 1. The number of nitrogen functional groups attached to an aromatic ring is 1. The quantitative estimate of drug-likeness (QED) is 0.898. The number of benzene rings is 1. The number of alkyl halides is 2. The Balaban J connectivity index is 2.38. The number of halogens is 2. The molecule has 0 saturated heterocycles. The van der Waals surface area contributed by atoms with Crippen LogP contribution in [0.25, 0.3) is 11.3 Å². The minimum atomic E-state index is -2.47. The van der Waals surface area contributed by atoms with E-state index in [4.69, 9.17) is 5.73 Å². The molecule has 0 aliphatic heterocycles. The first-order chi connectivity index (χ1) is 8.61. The molecule has 1 aromatic heterocycles. The summed E-state index contributed by atoms with van der Waals surface area (Å²) in [6.07, 6.45) is -0.618. The Morgan fingerprint density at radius 2 is 2.17 bits per heavy atom. The van der Waals surface area contributed by atoms with Crippen molar-refractivity contribution >= 4 is 16.3 Å². The highest BCUT2D eigenvalue weighted by molar-refractivity contribution is 7.16. The third-order valence-electron chi connectivity index (χ3n) is 2.57. The standard InChI is InChI=1S/C13H14F2N2S/c1-2-4-10-17-11(13(16)18-10)8-5-3-6-9(7-8)12(14)15/h3,5-7,12H,2,4,16H2,1H3. The molecule has 0 saturated carbocycles. The van der Waals surface area contributed by atoms with Gasteiger partial charge in [0.05, 0.1) is 5.01 Å². The summed E-state index contributed by atoms with van der Waals surface area (Å²) in [4.78, 5) is 4.42. The molecule has 2 N–H and O–H groups in total. The molecule has 18 heavy (non-hydrogen) atoms. The van der Waals surface area contributed by atoms with E-state index < -0.39 is 6.43 Å². The normalized spacial score (nSPS) is 11.1. The van der Waals surface area contributed by atoms with E-state index >= 15 is 0 Å². The third kappa shape index (κ3) is 2.67. The summed E-state index contributed by atoms with van der Waals surface area (Å²) in [5, 5.41) is 1.54. The monoisotopic (exact) mass is 268 g/mol. The molecule has 0 spiro atoms. The van der Waals surface area contributed by atoms with Gasteiger partial charge in [0, 0.05) is 11.1 Å². The minimum absolute atomic E-state index is 0.00283. The zero-order valence-corrected chi connectivity index (χ0v) is 10.8. The van der Waals surface area contributed by atoms with E-state index in [2.05, 4.69) is 11.9 Å². The van der Waals surface area contributed by atoms with Crippen molar-refractivity contribution in [3.8, 4) is 11.3 Å². The molecule has 96 valence electrons. The Bertz CT molecular complexity index is 538. The molecule has 0 aliphatic carbocycles. The van der Waals surface area contributed by atoms with Gasteiger partial charge >= 0.3 is 0 Å². The fourth-order valence-electron chi connectivity index (χ4n) is 1.73. The van der Waals surface area contributed by atoms with Crippen molar-refractivity contribution in [2.75, 3.05) is 5.73 Å². The maximum absolute atomic E-state index is 12.6. The highest BCUT2D eigenvalue weighted by Crippen LogP contribution is 2.32. The van der Waals surface area contributed by atoms with Gasteiger partial charge in [0.2, 0.25) is 0 Å². The summed E-state index contributed by atoms with van der Waals surface area (Å²) >= 11 is 1.43. The van der Waals surface area contributed by atoms with E-state index in [9.17, 15) is 8.78 Å². The summed E-state index contributed by atoms with van der Waals surface area (Å²) in [6, 6.07) is 6.22. The molecule has 2 rings (SSSR count). The second-order valence-corrected chi connectivity index (χ2v) is 5.11. The first-order valence-electron chi connectivity index (χ1n) is 5.75. The van der Waals surface area contributed by atoms with Crippen molar-refractivity contribution in [1.82, 2.24) is 4.98 Å². The first-order valence-corrected chi connectivity index (χ1v) is 6.57. The summed E-state index contributed by atoms with van der Waals surface area (Å²) in [5.74, 6) is 0. The molecular formula is C13H14F2N2S. The summed E-state index contributed by atoms with van der Waals surface area (Å²) in [6.45, 7) is 2.06. The third-order valence-corrected chi connectivity index (χ3v) is 3.52. The average molecular weight is 268 g/mol. The van der Waals surface area contributed by atoms with E-state index in [-0.39, 0.29) is 5.56 Å². The topological polar surface area (TPSA) is 38.9 Å². The van der Waals surface area contributed by atoms with Gasteiger partial charge in [0.1, 0.15) is 10.7 Å². The van der Waals surface area contributed by atoms with Crippen LogP contribution in [-0.2, 0) is 6.42 Å². The number of hydrogen-bond acceptors (Lipinski definition) is 3. The number of nitrogens with two attached hydrogens (primary N) is 1. The maximum Gasteiger partial charge on any atom is 0.263 e. The summed E-state index contributed by atoms with van der Waals surface area (Å²) < 4.78 is 25.3. The molecule has 0 amide bonds. The molecule has 2 nitrogen and oxygen atoms in total. The number of aryl methyl sites for hydroxylation is 1. The Kier molecular flexibility index (Phi) is 3.91. The largest absolute Gasteiger partial charge is 0.389 e. The number of thiazole rings is 1. The fourth-order valence-corrected chi connectivity index (χ4v) is 2.68. The van der Waals surface area contributed by atoms with Gasteiger partial charge in [-0.2, -0.15) is 0 Å². The molecule has 1 heterocycles. The van der Waals surface area contributed by atoms with Crippen molar-refractivity contribution in [2.24, 2.45) is 0 Å². The van der Waals surface area contributed by atoms with Gasteiger partial charge in [-0.05, 0) is 18.9 Å². The molecular weight excluding hydrogens is 254 g/mol. The van der Waals surface area contributed by atoms with Crippen LogP contribution in [0.4, 0.5) is 13.8 Å². The lowest BCUT2D eigenvalue weighted by Crippen LogP contribution is -1.89. The molecule has 0 fully saturated rings.